The van der Waals surface area contributed by atoms with Crippen LogP contribution in [0.2, 0.25) is 0 Å². The van der Waals surface area contributed by atoms with Crippen LogP contribution in [-0.4, -0.2) is 27.2 Å². The van der Waals surface area contributed by atoms with E-state index >= 15 is 0 Å². The minimum atomic E-state index is -0.363. The van der Waals surface area contributed by atoms with Crippen molar-refractivity contribution in [2.24, 2.45) is 0 Å². The third kappa shape index (κ3) is 4.95. The molecule has 8 heteroatoms. The minimum absolute atomic E-state index is 0.0816. The molecule has 0 unspecified atom stereocenters. The molecule has 8 nitrogen and oxygen atoms in total. The monoisotopic (exact) mass is 446 g/mol. The second kappa shape index (κ2) is 10.1. The van der Waals surface area contributed by atoms with Gasteiger partial charge in [-0.2, -0.15) is 0 Å². The standard InChI is InChI=1S/C25H26N4O4/c1-3-17-9-11-18(12-10-17)22-23-24(33-28-22)25(31)29(16-27-23)14-13-21(30)26-15-19-7-5-6-8-20(19)32-4-2/h5-12,16H,3-4,13-15H2,1-2H3,(H,26,30). The van der Waals surface area contributed by atoms with Crippen LogP contribution in [0.15, 0.2) is 64.2 Å². The zero-order chi connectivity index (χ0) is 23.2. The van der Waals surface area contributed by atoms with Crippen molar-refractivity contribution in [1.29, 1.82) is 0 Å². The first kappa shape index (κ1) is 22.3. The van der Waals surface area contributed by atoms with E-state index in [0.29, 0.717) is 24.4 Å². The SMILES string of the molecule is CCOc1ccccc1CNC(=O)CCn1cnc2c(-c3ccc(CC)cc3)noc2c1=O. The summed E-state index contributed by atoms with van der Waals surface area (Å²) in [6.45, 7) is 5.09. The van der Waals surface area contributed by atoms with Crippen LogP contribution in [0, 0.1) is 0 Å². The molecule has 4 aromatic rings. The first-order valence-electron chi connectivity index (χ1n) is 11.0. The van der Waals surface area contributed by atoms with Gasteiger partial charge in [0.25, 0.3) is 11.1 Å². The van der Waals surface area contributed by atoms with Crippen LogP contribution in [0.1, 0.15) is 31.4 Å². The van der Waals surface area contributed by atoms with Crippen molar-refractivity contribution in [2.45, 2.75) is 39.8 Å². The van der Waals surface area contributed by atoms with Crippen molar-refractivity contribution in [3.63, 3.8) is 0 Å². The number of benzene rings is 2. The molecule has 33 heavy (non-hydrogen) atoms. The molecule has 0 saturated heterocycles. The van der Waals surface area contributed by atoms with Gasteiger partial charge in [-0.25, -0.2) is 4.98 Å². The summed E-state index contributed by atoms with van der Waals surface area (Å²) in [6.07, 6.45) is 2.50. The molecule has 1 amide bonds. The van der Waals surface area contributed by atoms with Gasteiger partial charge in [0.05, 0.1) is 12.9 Å². The number of nitrogens with zero attached hydrogens (tertiary/aromatic N) is 3. The van der Waals surface area contributed by atoms with Crippen molar-refractivity contribution in [1.82, 2.24) is 20.0 Å². The van der Waals surface area contributed by atoms with Crippen molar-refractivity contribution < 1.29 is 14.1 Å². The van der Waals surface area contributed by atoms with E-state index in [2.05, 4.69) is 22.4 Å². The number of hydrogen-bond donors (Lipinski definition) is 1. The molecule has 0 aliphatic heterocycles. The topological polar surface area (TPSA) is 99.2 Å². The molecule has 0 atom stereocenters. The Hall–Kier alpha value is -3.94. The van der Waals surface area contributed by atoms with Crippen molar-refractivity contribution in [2.75, 3.05) is 6.61 Å². The minimum Gasteiger partial charge on any atom is -0.494 e. The number of hydrogen-bond acceptors (Lipinski definition) is 6. The predicted octanol–water partition coefficient (Wildman–Crippen LogP) is 3.72. The lowest BCUT2D eigenvalue weighted by atomic mass is 10.1. The number of carbonyl (C=O) groups is 1. The van der Waals surface area contributed by atoms with E-state index in [9.17, 15) is 9.59 Å². The molecule has 0 fully saturated rings. The predicted molar refractivity (Wildman–Crippen MR) is 125 cm³/mol. The van der Waals surface area contributed by atoms with Gasteiger partial charge in [0.2, 0.25) is 5.91 Å². The Bertz CT molecular complexity index is 1310. The van der Waals surface area contributed by atoms with E-state index in [0.717, 1.165) is 23.3 Å². The van der Waals surface area contributed by atoms with E-state index in [1.807, 2.05) is 55.5 Å². The molecule has 0 bridgehead atoms. The Morgan fingerprint density at radius 2 is 1.91 bits per heavy atom. The molecular weight excluding hydrogens is 420 g/mol. The highest BCUT2D eigenvalue weighted by Crippen LogP contribution is 2.25. The number of amides is 1. The molecule has 0 spiro atoms. The first-order chi connectivity index (χ1) is 16.1. The lowest BCUT2D eigenvalue weighted by molar-refractivity contribution is -0.121. The average molecular weight is 447 g/mol. The zero-order valence-corrected chi connectivity index (χ0v) is 18.7. The highest BCUT2D eigenvalue weighted by molar-refractivity contribution is 5.87. The molecular formula is C25H26N4O4. The van der Waals surface area contributed by atoms with E-state index < -0.39 is 0 Å². The van der Waals surface area contributed by atoms with Gasteiger partial charge in [-0.3, -0.25) is 14.2 Å². The van der Waals surface area contributed by atoms with Gasteiger partial charge in [0, 0.05) is 30.6 Å². The lowest BCUT2D eigenvalue weighted by Gasteiger charge is -2.11. The summed E-state index contributed by atoms with van der Waals surface area (Å²) in [5.41, 5.74) is 3.61. The summed E-state index contributed by atoms with van der Waals surface area (Å²) < 4.78 is 12.3. The van der Waals surface area contributed by atoms with Gasteiger partial charge in [0.15, 0.2) is 0 Å². The van der Waals surface area contributed by atoms with E-state index in [1.54, 1.807) is 0 Å². The second-order valence-electron chi connectivity index (χ2n) is 7.57. The maximum Gasteiger partial charge on any atom is 0.299 e. The number of rotatable bonds is 9. The fourth-order valence-corrected chi connectivity index (χ4v) is 3.55. The van der Waals surface area contributed by atoms with Crippen LogP contribution in [0.25, 0.3) is 22.4 Å². The van der Waals surface area contributed by atoms with Crippen LogP contribution in [0.4, 0.5) is 0 Å². The molecule has 2 aromatic carbocycles. The Morgan fingerprint density at radius 3 is 2.67 bits per heavy atom. The molecule has 0 aliphatic rings. The molecule has 1 N–H and O–H groups in total. The maximum atomic E-state index is 12.8. The average Bonchev–Trinajstić information content (AvgIpc) is 3.28. The van der Waals surface area contributed by atoms with Gasteiger partial charge in [-0.15, -0.1) is 0 Å². The molecule has 2 aromatic heterocycles. The summed E-state index contributed by atoms with van der Waals surface area (Å²) in [5.74, 6) is 0.569. The van der Waals surface area contributed by atoms with Crippen LogP contribution >= 0.6 is 0 Å². The van der Waals surface area contributed by atoms with Crippen molar-refractivity contribution >= 4 is 17.0 Å². The smallest absolute Gasteiger partial charge is 0.299 e. The molecule has 0 saturated carbocycles. The summed E-state index contributed by atoms with van der Waals surface area (Å²) >= 11 is 0. The second-order valence-corrected chi connectivity index (χ2v) is 7.57. The number of nitrogens with one attached hydrogen (secondary N) is 1. The summed E-state index contributed by atoms with van der Waals surface area (Å²) in [4.78, 5) is 29.6. The molecule has 4 rings (SSSR count). The largest absolute Gasteiger partial charge is 0.494 e. The van der Waals surface area contributed by atoms with E-state index in [-0.39, 0.29) is 30.0 Å². The number of ether oxygens (including phenoxy) is 1. The highest BCUT2D eigenvalue weighted by atomic mass is 16.5. The summed E-state index contributed by atoms with van der Waals surface area (Å²) in [6, 6.07) is 15.5. The molecule has 2 heterocycles. The van der Waals surface area contributed by atoms with Gasteiger partial charge >= 0.3 is 0 Å². The normalized spacial score (nSPS) is 11.0. The van der Waals surface area contributed by atoms with Crippen molar-refractivity contribution in [3.05, 3.63) is 76.3 Å². The number of aromatic nitrogens is 3. The molecule has 0 radical (unpaired) electrons. The summed E-state index contributed by atoms with van der Waals surface area (Å²) in [7, 11) is 0. The Morgan fingerprint density at radius 1 is 1.12 bits per heavy atom. The molecule has 0 aliphatic carbocycles. The summed E-state index contributed by atoms with van der Waals surface area (Å²) in [5, 5.41) is 6.93. The zero-order valence-electron chi connectivity index (χ0n) is 18.7. The third-order valence-corrected chi connectivity index (χ3v) is 5.41. The van der Waals surface area contributed by atoms with Gasteiger partial charge < -0.3 is 14.6 Å². The van der Waals surface area contributed by atoms with Crippen LogP contribution < -0.4 is 15.6 Å². The van der Waals surface area contributed by atoms with Crippen LogP contribution in [-0.2, 0) is 24.3 Å². The number of carbonyl (C=O) groups excluding carboxylic acids is 1. The van der Waals surface area contributed by atoms with Gasteiger partial charge in [-0.05, 0) is 25.0 Å². The fraction of sp³-hybridized carbons (Fsp3) is 0.280. The quantitative estimate of drug-likeness (QED) is 0.421. The first-order valence-corrected chi connectivity index (χ1v) is 11.0. The van der Waals surface area contributed by atoms with Gasteiger partial charge in [0.1, 0.15) is 17.0 Å². The van der Waals surface area contributed by atoms with Crippen LogP contribution in [0.5, 0.6) is 5.75 Å². The highest BCUT2D eigenvalue weighted by Gasteiger charge is 2.17. The Balaban J connectivity index is 1.42. The Kier molecular flexibility index (Phi) is 6.83. The van der Waals surface area contributed by atoms with Crippen molar-refractivity contribution in [3.8, 4) is 17.0 Å². The maximum absolute atomic E-state index is 12.8. The van der Waals surface area contributed by atoms with E-state index in [4.69, 9.17) is 9.26 Å². The van der Waals surface area contributed by atoms with Gasteiger partial charge in [-0.1, -0.05) is 54.5 Å². The number of aryl methyl sites for hydroxylation is 2. The fourth-order valence-electron chi connectivity index (χ4n) is 3.55. The van der Waals surface area contributed by atoms with Crippen LogP contribution in [0.3, 0.4) is 0 Å². The lowest BCUT2D eigenvalue weighted by Crippen LogP contribution is -2.27. The molecule has 170 valence electrons. The number of para-hydroxylation sites is 1. The van der Waals surface area contributed by atoms with E-state index in [1.165, 1.54) is 16.5 Å². The third-order valence-electron chi connectivity index (χ3n) is 5.41. The Labute approximate surface area is 191 Å². The number of fused-ring (bicyclic) bond motifs is 1.